The highest BCUT2D eigenvalue weighted by molar-refractivity contribution is 5.69. The fourth-order valence-corrected chi connectivity index (χ4v) is 1.25. The van der Waals surface area contributed by atoms with Crippen LogP contribution < -0.4 is 5.73 Å². The lowest BCUT2D eigenvalue weighted by molar-refractivity contribution is -0.140. The van der Waals surface area contributed by atoms with Crippen molar-refractivity contribution in [2.45, 2.75) is 18.9 Å². The van der Waals surface area contributed by atoms with Gasteiger partial charge in [-0.05, 0) is 24.1 Å². The number of carbonyl (C=O) groups excluding carboxylic acids is 1. The van der Waals surface area contributed by atoms with Gasteiger partial charge in [-0.15, -0.1) is 0 Å². The van der Waals surface area contributed by atoms with Crippen molar-refractivity contribution < 1.29 is 13.9 Å². The third-order valence-electron chi connectivity index (χ3n) is 2.19. The first-order valence-corrected chi connectivity index (χ1v) is 4.71. The van der Waals surface area contributed by atoms with E-state index >= 15 is 0 Å². The Morgan fingerprint density at radius 3 is 2.60 bits per heavy atom. The molecular formula is C11H14FNO2. The summed E-state index contributed by atoms with van der Waals surface area (Å²) in [6, 6.07) is 5.69. The van der Waals surface area contributed by atoms with Gasteiger partial charge in [-0.1, -0.05) is 12.1 Å². The summed E-state index contributed by atoms with van der Waals surface area (Å²) >= 11 is 0. The van der Waals surface area contributed by atoms with Crippen molar-refractivity contribution in [1.82, 2.24) is 0 Å². The molecule has 1 aromatic carbocycles. The van der Waals surface area contributed by atoms with Crippen LogP contribution in [0.5, 0.6) is 0 Å². The second-order valence-electron chi connectivity index (χ2n) is 3.27. The molecular weight excluding hydrogens is 197 g/mol. The molecule has 15 heavy (non-hydrogen) atoms. The first kappa shape index (κ1) is 11.7. The molecule has 1 aromatic rings. The number of halogens is 1. The van der Waals surface area contributed by atoms with E-state index in [-0.39, 0.29) is 24.2 Å². The maximum absolute atomic E-state index is 12.6. The quantitative estimate of drug-likeness (QED) is 0.772. The maximum atomic E-state index is 12.6. The van der Waals surface area contributed by atoms with Crippen LogP contribution in [0.3, 0.4) is 0 Å². The van der Waals surface area contributed by atoms with Gasteiger partial charge >= 0.3 is 5.97 Å². The molecule has 0 aliphatic heterocycles. The number of carbonyl (C=O) groups is 1. The summed E-state index contributed by atoms with van der Waals surface area (Å²) < 4.78 is 17.1. The van der Waals surface area contributed by atoms with Crippen LogP contribution in [-0.2, 0) is 9.53 Å². The summed E-state index contributed by atoms with van der Waals surface area (Å²) in [6.07, 6.45) is 0.771. The predicted molar refractivity (Wildman–Crippen MR) is 54.6 cm³/mol. The van der Waals surface area contributed by atoms with Crippen molar-refractivity contribution in [3.05, 3.63) is 35.6 Å². The average molecular weight is 211 g/mol. The number of benzene rings is 1. The van der Waals surface area contributed by atoms with Crippen LogP contribution in [-0.4, -0.2) is 13.1 Å². The Balaban J connectivity index is 2.50. The molecule has 0 amide bonds. The first-order chi connectivity index (χ1) is 7.13. The predicted octanol–water partition coefficient (Wildman–Crippen LogP) is 1.78. The van der Waals surface area contributed by atoms with Crippen LogP contribution in [0.2, 0.25) is 0 Å². The van der Waals surface area contributed by atoms with Crippen molar-refractivity contribution in [2.24, 2.45) is 5.73 Å². The van der Waals surface area contributed by atoms with E-state index in [0.717, 1.165) is 5.56 Å². The Labute approximate surface area is 88.0 Å². The number of ether oxygens (including phenoxy) is 1. The van der Waals surface area contributed by atoms with Crippen LogP contribution >= 0.6 is 0 Å². The first-order valence-electron chi connectivity index (χ1n) is 4.71. The Kier molecular flexibility index (Phi) is 4.24. The Bertz CT molecular complexity index is 324. The van der Waals surface area contributed by atoms with E-state index in [1.54, 1.807) is 12.1 Å². The van der Waals surface area contributed by atoms with E-state index in [0.29, 0.717) is 6.42 Å². The minimum atomic E-state index is -0.293. The largest absolute Gasteiger partial charge is 0.469 e. The number of hydrogen-bond acceptors (Lipinski definition) is 3. The summed E-state index contributed by atoms with van der Waals surface area (Å²) in [4.78, 5) is 10.9. The van der Waals surface area contributed by atoms with Gasteiger partial charge in [-0.2, -0.15) is 0 Å². The lowest BCUT2D eigenvalue weighted by atomic mass is 10.0. The fourth-order valence-electron chi connectivity index (χ4n) is 1.25. The molecule has 1 atom stereocenters. The van der Waals surface area contributed by atoms with Crippen molar-refractivity contribution >= 4 is 5.97 Å². The van der Waals surface area contributed by atoms with Gasteiger partial charge < -0.3 is 10.5 Å². The molecule has 3 nitrogen and oxygen atoms in total. The van der Waals surface area contributed by atoms with E-state index < -0.39 is 0 Å². The number of hydrogen-bond donors (Lipinski definition) is 1. The van der Waals surface area contributed by atoms with Crippen LogP contribution in [0.4, 0.5) is 4.39 Å². The van der Waals surface area contributed by atoms with Crippen molar-refractivity contribution in [1.29, 1.82) is 0 Å². The highest BCUT2D eigenvalue weighted by atomic mass is 19.1. The zero-order valence-corrected chi connectivity index (χ0v) is 8.57. The van der Waals surface area contributed by atoms with Gasteiger partial charge in [0.2, 0.25) is 0 Å². The standard InChI is InChI=1S/C11H14FNO2/c1-15-11(14)7-6-10(13)8-2-4-9(12)5-3-8/h2-5,10H,6-7,13H2,1H3/t10-/m1/s1. The molecule has 0 aromatic heterocycles. The molecule has 0 saturated heterocycles. The van der Waals surface area contributed by atoms with Gasteiger partial charge in [-0.3, -0.25) is 4.79 Å². The monoisotopic (exact) mass is 211 g/mol. The van der Waals surface area contributed by atoms with E-state index in [4.69, 9.17) is 5.73 Å². The summed E-state index contributed by atoms with van der Waals surface area (Å²) in [5.41, 5.74) is 6.64. The van der Waals surface area contributed by atoms with E-state index in [9.17, 15) is 9.18 Å². The van der Waals surface area contributed by atoms with Crippen molar-refractivity contribution in [2.75, 3.05) is 7.11 Å². The molecule has 4 heteroatoms. The SMILES string of the molecule is COC(=O)CC[C@@H](N)c1ccc(F)cc1. The van der Waals surface area contributed by atoms with Crippen LogP contribution in [0.25, 0.3) is 0 Å². The van der Waals surface area contributed by atoms with Gasteiger partial charge in [0.1, 0.15) is 5.82 Å². The number of nitrogens with two attached hydrogens (primary N) is 1. The Morgan fingerprint density at radius 1 is 1.47 bits per heavy atom. The molecule has 0 bridgehead atoms. The second kappa shape index (κ2) is 5.46. The molecule has 0 fully saturated rings. The van der Waals surface area contributed by atoms with Crippen LogP contribution in [0, 0.1) is 5.82 Å². The topological polar surface area (TPSA) is 52.3 Å². The van der Waals surface area contributed by atoms with E-state index in [1.165, 1.54) is 19.2 Å². The summed E-state index contributed by atoms with van der Waals surface area (Å²) in [5.74, 6) is -0.577. The maximum Gasteiger partial charge on any atom is 0.305 e. The van der Waals surface area contributed by atoms with Crippen molar-refractivity contribution in [3.63, 3.8) is 0 Å². The fraction of sp³-hybridized carbons (Fsp3) is 0.364. The van der Waals surface area contributed by atoms with Gasteiger partial charge in [-0.25, -0.2) is 4.39 Å². The molecule has 0 heterocycles. The van der Waals surface area contributed by atoms with Gasteiger partial charge in [0.05, 0.1) is 7.11 Å². The zero-order chi connectivity index (χ0) is 11.3. The van der Waals surface area contributed by atoms with Crippen LogP contribution in [0.15, 0.2) is 24.3 Å². The molecule has 0 aliphatic carbocycles. The summed E-state index contributed by atoms with van der Waals surface area (Å²) in [6.45, 7) is 0. The number of esters is 1. The van der Waals surface area contributed by atoms with Gasteiger partial charge in [0.15, 0.2) is 0 Å². The number of methoxy groups -OCH3 is 1. The lowest BCUT2D eigenvalue weighted by Gasteiger charge is -2.10. The summed E-state index contributed by atoms with van der Waals surface area (Å²) in [5, 5.41) is 0. The third-order valence-corrected chi connectivity index (χ3v) is 2.19. The molecule has 0 unspecified atom stereocenters. The highest BCUT2D eigenvalue weighted by Crippen LogP contribution is 2.16. The second-order valence-corrected chi connectivity index (χ2v) is 3.27. The molecule has 0 spiro atoms. The molecule has 0 radical (unpaired) electrons. The Hall–Kier alpha value is -1.42. The molecule has 82 valence electrons. The van der Waals surface area contributed by atoms with Gasteiger partial charge in [0, 0.05) is 12.5 Å². The number of rotatable bonds is 4. The molecule has 0 saturated carbocycles. The van der Waals surface area contributed by atoms with Gasteiger partial charge in [0.25, 0.3) is 0 Å². The summed E-state index contributed by atoms with van der Waals surface area (Å²) in [7, 11) is 1.34. The normalized spacial score (nSPS) is 12.2. The van der Waals surface area contributed by atoms with Crippen molar-refractivity contribution in [3.8, 4) is 0 Å². The molecule has 0 aliphatic rings. The lowest BCUT2D eigenvalue weighted by Crippen LogP contribution is -2.12. The van der Waals surface area contributed by atoms with E-state index in [2.05, 4.69) is 4.74 Å². The smallest absolute Gasteiger partial charge is 0.305 e. The third kappa shape index (κ3) is 3.67. The minimum Gasteiger partial charge on any atom is -0.469 e. The zero-order valence-electron chi connectivity index (χ0n) is 8.57. The molecule has 1 rings (SSSR count). The Morgan fingerprint density at radius 2 is 2.07 bits per heavy atom. The van der Waals surface area contributed by atoms with E-state index in [1.807, 2.05) is 0 Å². The minimum absolute atomic E-state index is 0.260. The highest BCUT2D eigenvalue weighted by Gasteiger charge is 2.09. The van der Waals surface area contributed by atoms with Crippen LogP contribution in [0.1, 0.15) is 24.4 Å². The molecule has 2 N–H and O–H groups in total. The average Bonchev–Trinajstić information content (AvgIpc) is 2.26.